The first-order valence-corrected chi connectivity index (χ1v) is 31.9. The van der Waals surface area contributed by atoms with Crippen LogP contribution in [-0.2, 0) is 14.3 Å². The molecule has 1 aromatic rings. The number of alkyl halides is 3. The molecule has 5 nitrogen and oxygen atoms in total. The quantitative estimate of drug-likeness (QED) is 0.0959. The summed E-state index contributed by atoms with van der Waals surface area (Å²) >= 11 is 0. The van der Waals surface area contributed by atoms with Gasteiger partial charge in [-0.15, -0.1) is 0 Å². The normalized spacial score (nSPS) is 11.6. The van der Waals surface area contributed by atoms with Crippen molar-refractivity contribution in [3.8, 4) is 0 Å². The molecule has 0 saturated carbocycles. The summed E-state index contributed by atoms with van der Waals surface area (Å²) in [6.45, 7) is 78.2. The van der Waals surface area contributed by atoms with Gasteiger partial charge >= 0.3 is 18.2 Å². The predicted molar refractivity (Wildman–Crippen MR) is 359 cm³/mol. The Hall–Kier alpha value is -3.25. The minimum absolute atomic E-state index is 0. The Bertz CT molecular complexity index is 1230. The molecule has 0 spiro atoms. The van der Waals surface area contributed by atoms with E-state index in [1.165, 1.54) is 69.6 Å². The summed E-state index contributed by atoms with van der Waals surface area (Å²) in [5.74, 6) is 4.49. The summed E-state index contributed by atoms with van der Waals surface area (Å²) in [6.07, 6.45) is 6.52. The van der Waals surface area contributed by atoms with Crippen LogP contribution in [0.1, 0.15) is 330 Å². The van der Waals surface area contributed by atoms with Gasteiger partial charge in [-0.1, -0.05) is 324 Å². The number of carbonyl (C=O) groups is 2. The van der Waals surface area contributed by atoms with E-state index in [0.29, 0.717) is 28.6 Å². The Balaban J connectivity index is -0.0000000577. The van der Waals surface area contributed by atoms with Crippen LogP contribution in [0.5, 0.6) is 0 Å². The average molecular weight is 1410 g/mol. The second-order valence-corrected chi connectivity index (χ2v) is 23.8. The van der Waals surface area contributed by atoms with E-state index in [4.69, 9.17) is 4.74 Å². The van der Waals surface area contributed by atoms with Gasteiger partial charge in [0, 0.05) is 6.42 Å². The summed E-state index contributed by atoms with van der Waals surface area (Å²) < 4.78 is 43.7. The number of alkyl carbamates (subject to hydrolysis) is 1. The van der Waals surface area contributed by atoms with Gasteiger partial charge in [0.15, 0.2) is 0 Å². The number of methoxy groups -OCH3 is 1. The second-order valence-electron chi connectivity index (χ2n) is 23.8. The fourth-order valence-electron chi connectivity index (χ4n) is 3.86. The fraction of sp³-hybridized carbons (Fsp3) is 0.873. The van der Waals surface area contributed by atoms with Crippen molar-refractivity contribution in [2.24, 2.45) is 57.7 Å². The topological polar surface area (TPSA) is 64.6 Å². The first-order valence-electron chi connectivity index (χ1n) is 31.9. The molecule has 0 aliphatic carbocycles. The van der Waals surface area contributed by atoms with Crippen LogP contribution >= 0.6 is 0 Å². The largest absolute Gasteiger partial charge is 0.464 e. The van der Waals surface area contributed by atoms with E-state index in [1.807, 2.05) is 48.5 Å². The molecule has 1 rings (SSSR count). The van der Waals surface area contributed by atoms with E-state index in [0.717, 1.165) is 36.0 Å². The zero-order chi connectivity index (χ0) is 65.1. The van der Waals surface area contributed by atoms with Crippen molar-refractivity contribution < 1.29 is 32.2 Å². The van der Waals surface area contributed by atoms with Crippen molar-refractivity contribution in [2.75, 3.05) is 20.3 Å². The standard InChI is InChI=1S/C11H16.C11H24.C9H17NO4.C7H16.C6H11F3.4C5H12.3C2H6.CH3.Rf/c1-4-10(3)11-7-5-9(2)6-8-11;1-8-9(2)11(6,7)10(3,4)5;1-4-7(2)8(11)14-6-5-10-9(12)13-3;1-5-7(3,4)6-2;1-3-5(2)4-6(7,8)9;4*1-4-5(2)3;3*1-2;;/h5-8,10H,4H2,1-3H3;9H,8H2,1-7H3;7H,4-6H2,1-3H3,(H,10,12);5-6H2,1-4H3;5H,3-4H2,1-2H3;4*5H,4H2,1-3H3;3*1-2H3;1H3;/q;;;;;;;;;;;;-1;. The molecule has 1 N–H and O–H groups in total. The number of hydrogen-bond donors (Lipinski definition) is 1. The second kappa shape index (κ2) is 71.9. The third-order valence-corrected chi connectivity index (χ3v) is 14.3. The molecule has 4 unspecified atom stereocenters. The first kappa shape index (κ1) is 108. The molecule has 1 amide bonds. The molecule has 490 valence electrons. The van der Waals surface area contributed by atoms with Crippen LogP contribution < -0.4 is 5.32 Å². The Morgan fingerprint density at radius 1 is 0.537 bits per heavy atom. The van der Waals surface area contributed by atoms with E-state index in [9.17, 15) is 22.8 Å². The number of aryl methyl sites for hydroxylation is 1. The number of amides is 1. The number of hydrogen-bond acceptors (Lipinski definition) is 4. The van der Waals surface area contributed by atoms with Crippen molar-refractivity contribution in [2.45, 2.75) is 332 Å². The van der Waals surface area contributed by atoms with Crippen LogP contribution in [-0.4, -0.2) is 38.5 Å². The van der Waals surface area contributed by atoms with E-state index < -0.39 is 18.7 Å². The monoisotopic (exact) mass is 1410 g/mol. The van der Waals surface area contributed by atoms with Gasteiger partial charge in [0.25, 0.3) is 0 Å². The number of rotatable bonds is 17. The van der Waals surface area contributed by atoms with E-state index in [1.54, 1.807) is 20.8 Å². The van der Waals surface area contributed by atoms with Gasteiger partial charge < -0.3 is 22.2 Å². The van der Waals surface area contributed by atoms with E-state index in [-0.39, 0.29) is 38.4 Å². The molecule has 0 radical (unpaired) electrons. The maximum absolute atomic E-state index is 11.5. The van der Waals surface area contributed by atoms with Crippen molar-refractivity contribution in [1.82, 2.24) is 5.32 Å². The number of nitrogens with one attached hydrogen (secondary N) is 1. The number of ether oxygens (including phenoxy) is 2. The average Bonchev–Trinajstić information content (AvgIpc) is 3.41. The Morgan fingerprint density at radius 3 is 1.04 bits per heavy atom. The Kier molecular flexibility index (Phi) is 97.3. The summed E-state index contributed by atoms with van der Waals surface area (Å²) in [4.78, 5) is 21.7. The van der Waals surface area contributed by atoms with E-state index >= 15 is 0 Å². The summed E-state index contributed by atoms with van der Waals surface area (Å²) in [5, 5.41) is 2.41. The zero-order valence-electron chi connectivity index (χ0n) is 62.1. The van der Waals surface area contributed by atoms with Gasteiger partial charge in [-0.3, -0.25) is 4.79 Å². The minimum atomic E-state index is -3.98. The summed E-state index contributed by atoms with van der Waals surface area (Å²) in [7, 11) is 1.28. The molecule has 9 heteroatoms. The zero-order valence-corrected chi connectivity index (χ0v) is 68.5. The molecule has 0 aliphatic rings. The van der Waals surface area contributed by atoms with Gasteiger partial charge in [-0.25, -0.2) is 4.79 Å². The number of esters is 1. The molecule has 0 aliphatic heterocycles. The van der Waals surface area contributed by atoms with Crippen LogP contribution in [0.15, 0.2) is 24.3 Å². The van der Waals surface area contributed by atoms with Crippen LogP contribution in [0.25, 0.3) is 0 Å². The van der Waals surface area contributed by atoms with Gasteiger partial charge in [-0.05, 0) is 83.0 Å². The minimum Gasteiger partial charge on any atom is -0.464 e. The molecule has 4 atom stereocenters. The van der Waals surface area contributed by atoms with Gasteiger partial charge in [-0.2, -0.15) is 13.2 Å². The van der Waals surface area contributed by atoms with Gasteiger partial charge in [0.2, 0.25) is 0 Å². The molecule has 0 bridgehead atoms. The maximum atomic E-state index is 11.5. The van der Waals surface area contributed by atoms with Crippen molar-refractivity contribution in [3.63, 3.8) is 0 Å². The smallest absolute Gasteiger partial charge is 0.406 e. The van der Waals surface area contributed by atoms with E-state index in [2.05, 4.69) is 214 Å². The van der Waals surface area contributed by atoms with Crippen molar-refractivity contribution >= 4 is 12.1 Å². The molecular weight excluding hydrogens is 1250 g/mol. The van der Waals surface area contributed by atoms with Crippen LogP contribution in [0.4, 0.5) is 18.0 Å². The van der Waals surface area contributed by atoms with Crippen molar-refractivity contribution in [1.29, 1.82) is 0 Å². The van der Waals surface area contributed by atoms with Gasteiger partial charge in [0.05, 0.1) is 19.6 Å². The number of benzene rings is 1. The summed E-state index contributed by atoms with van der Waals surface area (Å²) in [5.41, 5.74) is 4.25. The predicted octanol–water partition coefficient (Wildman–Crippen LogP) is 26.1. The molecule has 80 heavy (non-hydrogen) atoms. The molecule has 0 fully saturated rings. The molecular formula is C71H153F3NO4Rf-. The van der Waals surface area contributed by atoms with Crippen LogP contribution in [0.2, 0.25) is 0 Å². The molecule has 0 aromatic heterocycles. The fourth-order valence-corrected chi connectivity index (χ4v) is 3.86. The molecule has 0 heterocycles. The van der Waals surface area contributed by atoms with Gasteiger partial charge in [0.1, 0.15) is 6.61 Å². The third-order valence-electron chi connectivity index (χ3n) is 14.3. The first-order chi connectivity index (χ1) is 35.7. The Morgan fingerprint density at radius 2 is 0.863 bits per heavy atom. The number of carbonyl (C=O) groups excluding carboxylic acids is 2. The molecule has 1 aromatic carbocycles. The maximum Gasteiger partial charge on any atom is 0.406 e. The van der Waals surface area contributed by atoms with Crippen LogP contribution in [0.3, 0.4) is 0 Å². The van der Waals surface area contributed by atoms with Crippen LogP contribution in [0, 0.1) is 72.0 Å². The number of halogens is 3. The molecule has 0 saturated heterocycles. The van der Waals surface area contributed by atoms with Crippen molar-refractivity contribution in [3.05, 3.63) is 42.8 Å². The third kappa shape index (κ3) is 94.0. The summed E-state index contributed by atoms with van der Waals surface area (Å²) in [6, 6.07) is 8.82. The Labute approximate surface area is 500 Å². The SMILES string of the molecule is CC.CC.CC.CCC(C)(C)CC.CCC(C)C.CCC(C)C.CCC(C)C.CCC(C)C.CCC(C)C(=O)OCCNC(=O)OC.CCC(C)C(C)(C)C(C)(C)C.CCC(C)CC(F)(F)F.CCC(C)c1ccc(C)cc1.[CH3-].[Rf].